The van der Waals surface area contributed by atoms with E-state index in [1.165, 1.54) is 17.7 Å². The summed E-state index contributed by atoms with van der Waals surface area (Å²) < 4.78 is 5.25. The van der Waals surface area contributed by atoms with E-state index in [9.17, 15) is 4.79 Å². The topological polar surface area (TPSA) is 90.1 Å². The molecule has 0 aliphatic heterocycles. The Hall–Kier alpha value is -1.73. The SMILES string of the molecule is Cc1c(C(=O)OC(C)C)sc2ncnc(NCCN)c12. The molecule has 0 saturated heterocycles. The number of anilines is 1. The van der Waals surface area contributed by atoms with Crippen LogP contribution in [0.15, 0.2) is 6.33 Å². The second kappa shape index (κ2) is 6.15. The number of nitrogens with two attached hydrogens (primary N) is 1. The number of carbonyl (C=O) groups excluding carboxylic acids is 1. The van der Waals surface area contributed by atoms with E-state index >= 15 is 0 Å². The molecule has 0 aliphatic rings. The maximum Gasteiger partial charge on any atom is 0.348 e. The predicted molar refractivity (Wildman–Crippen MR) is 80.2 cm³/mol. The van der Waals surface area contributed by atoms with Gasteiger partial charge in [-0.25, -0.2) is 14.8 Å². The molecule has 0 aliphatic carbocycles. The first-order valence-electron chi connectivity index (χ1n) is 6.43. The van der Waals surface area contributed by atoms with Crippen molar-refractivity contribution in [1.29, 1.82) is 0 Å². The van der Waals surface area contributed by atoms with Crippen LogP contribution in [-0.2, 0) is 4.74 Å². The largest absolute Gasteiger partial charge is 0.459 e. The zero-order chi connectivity index (χ0) is 14.7. The molecule has 3 N–H and O–H groups in total. The van der Waals surface area contributed by atoms with E-state index in [0.29, 0.717) is 23.8 Å². The van der Waals surface area contributed by atoms with Gasteiger partial charge >= 0.3 is 5.97 Å². The van der Waals surface area contributed by atoms with Crippen LogP contribution in [0.5, 0.6) is 0 Å². The molecule has 0 bridgehead atoms. The van der Waals surface area contributed by atoms with Crippen LogP contribution in [0.25, 0.3) is 10.2 Å². The van der Waals surface area contributed by atoms with Crippen molar-refractivity contribution in [1.82, 2.24) is 9.97 Å². The van der Waals surface area contributed by atoms with Gasteiger partial charge in [0.15, 0.2) is 0 Å². The van der Waals surface area contributed by atoms with Gasteiger partial charge in [0.05, 0.1) is 11.5 Å². The number of rotatable bonds is 5. The lowest BCUT2D eigenvalue weighted by molar-refractivity contribution is 0.0383. The van der Waals surface area contributed by atoms with E-state index in [-0.39, 0.29) is 12.1 Å². The van der Waals surface area contributed by atoms with Crippen molar-refractivity contribution in [2.45, 2.75) is 26.9 Å². The lowest BCUT2D eigenvalue weighted by Gasteiger charge is -2.07. The molecule has 0 spiro atoms. The zero-order valence-electron chi connectivity index (χ0n) is 11.8. The first-order chi connectivity index (χ1) is 9.54. The van der Waals surface area contributed by atoms with Gasteiger partial charge in [-0.05, 0) is 26.3 Å². The molecule has 6 nitrogen and oxygen atoms in total. The molecule has 0 aromatic carbocycles. The van der Waals surface area contributed by atoms with Crippen molar-refractivity contribution in [3.8, 4) is 0 Å². The summed E-state index contributed by atoms with van der Waals surface area (Å²) in [6, 6.07) is 0. The quantitative estimate of drug-likeness (QED) is 0.819. The minimum absolute atomic E-state index is 0.145. The Morgan fingerprint density at radius 1 is 1.50 bits per heavy atom. The van der Waals surface area contributed by atoms with E-state index < -0.39 is 0 Å². The van der Waals surface area contributed by atoms with Crippen molar-refractivity contribution in [2.75, 3.05) is 18.4 Å². The van der Waals surface area contributed by atoms with Crippen LogP contribution >= 0.6 is 11.3 Å². The Morgan fingerprint density at radius 3 is 2.90 bits per heavy atom. The van der Waals surface area contributed by atoms with Crippen molar-refractivity contribution < 1.29 is 9.53 Å². The fraction of sp³-hybridized carbons (Fsp3) is 0.462. The maximum atomic E-state index is 12.1. The maximum absolute atomic E-state index is 12.1. The zero-order valence-corrected chi connectivity index (χ0v) is 12.6. The molecule has 0 amide bonds. The van der Waals surface area contributed by atoms with Crippen LogP contribution in [0.3, 0.4) is 0 Å². The minimum Gasteiger partial charge on any atom is -0.459 e. The smallest absolute Gasteiger partial charge is 0.348 e. The number of thiophene rings is 1. The summed E-state index contributed by atoms with van der Waals surface area (Å²) in [4.78, 5) is 21.9. The summed E-state index contributed by atoms with van der Waals surface area (Å²) in [5.41, 5.74) is 6.33. The second-order valence-corrected chi connectivity index (χ2v) is 5.63. The van der Waals surface area contributed by atoms with E-state index in [1.54, 1.807) is 0 Å². The van der Waals surface area contributed by atoms with Crippen LogP contribution < -0.4 is 11.1 Å². The van der Waals surface area contributed by atoms with Crippen LogP contribution in [0, 0.1) is 6.92 Å². The van der Waals surface area contributed by atoms with Gasteiger partial charge in [-0.1, -0.05) is 0 Å². The summed E-state index contributed by atoms with van der Waals surface area (Å²) in [5.74, 6) is 0.392. The third kappa shape index (κ3) is 2.88. The monoisotopic (exact) mass is 294 g/mol. The Morgan fingerprint density at radius 2 is 2.25 bits per heavy atom. The third-order valence-electron chi connectivity index (χ3n) is 2.69. The molecule has 0 fully saturated rings. The van der Waals surface area contributed by atoms with Gasteiger partial charge in [0.25, 0.3) is 0 Å². The fourth-order valence-corrected chi connectivity index (χ4v) is 2.89. The standard InChI is InChI=1S/C13H18N4O2S/c1-7(2)19-13(18)10-8(3)9-11(15-5-4-14)16-6-17-12(9)20-10/h6-7H,4-5,14H2,1-3H3,(H,15,16,17). The summed E-state index contributed by atoms with van der Waals surface area (Å²) in [7, 11) is 0. The van der Waals surface area contributed by atoms with E-state index in [4.69, 9.17) is 10.5 Å². The molecule has 7 heteroatoms. The Balaban J connectivity index is 2.44. The predicted octanol–water partition coefficient (Wildman–Crippen LogP) is 1.94. The number of nitrogens with zero attached hydrogens (tertiary/aromatic N) is 2. The molecule has 0 radical (unpaired) electrons. The number of fused-ring (bicyclic) bond motifs is 1. The molecule has 108 valence electrons. The van der Waals surface area contributed by atoms with Gasteiger partial charge in [0, 0.05) is 13.1 Å². The van der Waals surface area contributed by atoms with Gasteiger partial charge in [-0.3, -0.25) is 0 Å². The number of nitrogens with one attached hydrogen (secondary N) is 1. The van der Waals surface area contributed by atoms with Crippen molar-refractivity contribution in [3.63, 3.8) is 0 Å². The molecule has 0 unspecified atom stereocenters. The van der Waals surface area contributed by atoms with Gasteiger partial charge < -0.3 is 15.8 Å². The van der Waals surface area contributed by atoms with Crippen molar-refractivity contribution in [3.05, 3.63) is 16.8 Å². The average Bonchev–Trinajstić information content (AvgIpc) is 2.74. The summed E-state index contributed by atoms with van der Waals surface area (Å²) >= 11 is 1.32. The number of ether oxygens (including phenoxy) is 1. The molecular weight excluding hydrogens is 276 g/mol. The molecule has 2 aromatic rings. The fourth-order valence-electron chi connectivity index (χ4n) is 1.86. The summed E-state index contributed by atoms with van der Waals surface area (Å²) in [5, 5.41) is 4.01. The Kier molecular flexibility index (Phi) is 4.51. The van der Waals surface area contributed by atoms with Gasteiger partial charge in [-0.15, -0.1) is 11.3 Å². The Bertz CT molecular complexity index is 624. The highest BCUT2D eigenvalue weighted by Crippen LogP contribution is 2.33. The molecule has 0 saturated carbocycles. The molecule has 0 atom stereocenters. The number of aromatic nitrogens is 2. The van der Waals surface area contributed by atoms with Crippen LogP contribution in [0.1, 0.15) is 29.1 Å². The van der Waals surface area contributed by atoms with Crippen molar-refractivity contribution >= 4 is 33.3 Å². The highest BCUT2D eigenvalue weighted by atomic mass is 32.1. The van der Waals surface area contributed by atoms with Crippen LogP contribution in [0.4, 0.5) is 5.82 Å². The van der Waals surface area contributed by atoms with Gasteiger partial charge in [0.1, 0.15) is 21.9 Å². The summed E-state index contributed by atoms with van der Waals surface area (Å²) in [6.45, 7) is 6.67. The first-order valence-corrected chi connectivity index (χ1v) is 7.25. The number of aryl methyl sites for hydroxylation is 1. The number of carbonyl (C=O) groups is 1. The second-order valence-electron chi connectivity index (χ2n) is 4.63. The van der Waals surface area contributed by atoms with E-state index in [0.717, 1.165) is 15.8 Å². The van der Waals surface area contributed by atoms with Crippen LogP contribution in [-0.4, -0.2) is 35.1 Å². The normalized spacial score (nSPS) is 11.1. The molecule has 20 heavy (non-hydrogen) atoms. The first kappa shape index (κ1) is 14.7. The molecule has 2 rings (SSSR count). The highest BCUT2D eigenvalue weighted by Gasteiger charge is 2.20. The molecular formula is C13H18N4O2S. The Labute approximate surface area is 121 Å². The molecule has 2 aromatic heterocycles. The number of hydrogen-bond donors (Lipinski definition) is 2. The van der Waals surface area contributed by atoms with Gasteiger partial charge in [0.2, 0.25) is 0 Å². The van der Waals surface area contributed by atoms with Crippen LogP contribution in [0.2, 0.25) is 0 Å². The molecule has 2 heterocycles. The lowest BCUT2D eigenvalue weighted by atomic mass is 10.2. The number of hydrogen-bond acceptors (Lipinski definition) is 7. The van der Waals surface area contributed by atoms with E-state index in [1.807, 2.05) is 20.8 Å². The summed E-state index contributed by atoms with van der Waals surface area (Å²) in [6.07, 6.45) is 1.34. The average molecular weight is 294 g/mol. The lowest BCUT2D eigenvalue weighted by Crippen LogP contribution is -2.14. The third-order valence-corrected chi connectivity index (χ3v) is 3.87. The highest BCUT2D eigenvalue weighted by molar-refractivity contribution is 7.20. The van der Waals surface area contributed by atoms with Gasteiger partial charge in [-0.2, -0.15) is 0 Å². The van der Waals surface area contributed by atoms with Crippen molar-refractivity contribution in [2.24, 2.45) is 5.73 Å². The minimum atomic E-state index is -0.315. The number of esters is 1. The van der Waals surface area contributed by atoms with E-state index in [2.05, 4.69) is 15.3 Å².